The molecule has 3 N–H and O–H groups in total. The van der Waals surface area contributed by atoms with Crippen molar-refractivity contribution in [3.63, 3.8) is 0 Å². The molecule has 0 aliphatic carbocycles. The van der Waals surface area contributed by atoms with Crippen molar-refractivity contribution in [3.05, 3.63) is 0 Å². The van der Waals surface area contributed by atoms with Crippen LogP contribution in [-0.4, -0.2) is 96.7 Å². The lowest BCUT2D eigenvalue weighted by Gasteiger charge is -2.21. The first kappa shape index (κ1) is 104. The second-order valence-corrected chi connectivity index (χ2v) is 34.9. The summed E-state index contributed by atoms with van der Waals surface area (Å²) < 4.78 is 68.9. The van der Waals surface area contributed by atoms with E-state index < -0.39 is 97.5 Å². The van der Waals surface area contributed by atoms with Crippen LogP contribution in [-0.2, 0) is 65.4 Å². The average Bonchev–Trinajstić information content (AvgIpc) is 0.912. The molecule has 0 fully saturated rings. The Morgan fingerprint density at radius 2 is 0.481 bits per heavy atom. The molecule has 0 aromatic carbocycles. The smallest absolute Gasteiger partial charge is 0.462 e. The van der Waals surface area contributed by atoms with Gasteiger partial charge < -0.3 is 33.8 Å². The van der Waals surface area contributed by atoms with Gasteiger partial charge in [0.2, 0.25) is 0 Å². The number of aliphatic hydroxyl groups excluding tert-OH is 1. The van der Waals surface area contributed by atoms with Crippen LogP contribution in [0, 0.1) is 11.8 Å². The quantitative estimate of drug-likeness (QED) is 0.0222. The third kappa shape index (κ3) is 78.7. The Morgan fingerprint density at radius 1 is 0.274 bits per heavy atom. The standard InChI is InChI=1S/C87H170O17P2/c1-7-10-12-14-16-18-20-22-24-25-26-30-34-37-41-45-51-57-63-69-84(89)97-75-82(103-86(91)72-66-60-53-47-43-39-35-31-28-27-29-33-36-40-44-50-56-62-68-80(6)9-3)77-101-105(93,94)99-73-81(88)74-100-106(95,96)102-78-83(76-98-85(90)70-64-58-54-48-49-55-61-67-79(4)5)104-87(92)71-65-59-52-46-42-38-32-23-21-19-17-15-13-11-8-2/h79-83,88H,7-78H2,1-6H3,(H,93,94)(H,95,96)/t80?,81-,82-,83-/m1/s1. The highest BCUT2D eigenvalue weighted by molar-refractivity contribution is 7.47. The van der Waals surface area contributed by atoms with Crippen LogP contribution >= 0.6 is 15.6 Å². The summed E-state index contributed by atoms with van der Waals surface area (Å²) in [6.07, 6.45) is 70.9. The van der Waals surface area contributed by atoms with Gasteiger partial charge in [0.15, 0.2) is 12.2 Å². The first-order valence-electron chi connectivity index (χ1n) is 45.0. The maximum Gasteiger partial charge on any atom is 0.472 e. The van der Waals surface area contributed by atoms with Gasteiger partial charge >= 0.3 is 39.5 Å². The molecule has 0 aliphatic heterocycles. The summed E-state index contributed by atoms with van der Waals surface area (Å²) in [6.45, 7) is 9.69. The molecule has 630 valence electrons. The average molecular weight is 1550 g/mol. The summed E-state index contributed by atoms with van der Waals surface area (Å²) in [7, 11) is -9.93. The zero-order chi connectivity index (χ0) is 77.8. The second kappa shape index (κ2) is 78.3. The van der Waals surface area contributed by atoms with Crippen LogP contribution < -0.4 is 0 Å². The molecule has 19 heteroatoms. The van der Waals surface area contributed by atoms with Crippen molar-refractivity contribution in [2.75, 3.05) is 39.6 Å². The van der Waals surface area contributed by atoms with Gasteiger partial charge in [-0.2, -0.15) is 0 Å². The minimum Gasteiger partial charge on any atom is -0.462 e. The molecular weight excluding hydrogens is 1380 g/mol. The summed E-state index contributed by atoms with van der Waals surface area (Å²) in [5, 5.41) is 10.7. The zero-order valence-electron chi connectivity index (χ0n) is 69.7. The molecule has 0 amide bonds. The van der Waals surface area contributed by atoms with E-state index in [1.54, 1.807) is 0 Å². The van der Waals surface area contributed by atoms with Crippen LogP contribution in [0.5, 0.6) is 0 Å². The number of aliphatic hydroxyl groups is 1. The van der Waals surface area contributed by atoms with Gasteiger partial charge in [-0.3, -0.25) is 37.3 Å². The van der Waals surface area contributed by atoms with E-state index in [1.807, 2.05) is 0 Å². The number of phosphoric acid groups is 2. The Balaban J connectivity index is 5.22. The highest BCUT2D eigenvalue weighted by Gasteiger charge is 2.30. The van der Waals surface area contributed by atoms with Crippen LogP contribution in [0.1, 0.15) is 465 Å². The number of carbonyl (C=O) groups excluding carboxylic acids is 4. The van der Waals surface area contributed by atoms with Crippen molar-refractivity contribution in [1.29, 1.82) is 0 Å². The molecule has 0 aromatic heterocycles. The third-order valence-corrected chi connectivity index (χ3v) is 22.7. The fraction of sp³-hybridized carbons (Fsp3) is 0.954. The van der Waals surface area contributed by atoms with Gasteiger partial charge in [0.25, 0.3) is 0 Å². The minimum atomic E-state index is -4.97. The van der Waals surface area contributed by atoms with E-state index in [2.05, 4.69) is 41.5 Å². The highest BCUT2D eigenvalue weighted by Crippen LogP contribution is 2.45. The molecule has 0 aromatic rings. The van der Waals surface area contributed by atoms with Crippen LogP contribution in [0.25, 0.3) is 0 Å². The monoisotopic (exact) mass is 1550 g/mol. The number of unbranched alkanes of at least 4 members (excludes halogenated alkanes) is 55. The summed E-state index contributed by atoms with van der Waals surface area (Å²) in [5.41, 5.74) is 0. The van der Waals surface area contributed by atoms with Gasteiger partial charge in [-0.25, -0.2) is 9.13 Å². The number of hydrogen-bond donors (Lipinski definition) is 3. The van der Waals surface area contributed by atoms with Crippen LogP contribution in [0.3, 0.4) is 0 Å². The van der Waals surface area contributed by atoms with Crippen molar-refractivity contribution < 1.29 is 80.2 Å². The number of phosphoric ester groups is 2. The lowest BCUT2D eigenvalue weighted by atomic mass is 9.99. The molecule has 0 saturated carbocycles. The lowest BCUT2D eigenvalue weighted by Crippen LogP contribution is -2.30. The van der Waals surface area contributed by atoms with E-state index >= 15 is 0 Å². The number of ether oxygens (including phenoxy) is 4. The van der Waals surface area contributed by atoms with E-state index in [1.165, 1.54) is 276 Å². The lowest BCUT2D eigenvalue weighted by molar-refractivity contribution is -0.161. The van der Waals surface area contributed by atoms with Crippen molar-refractivity contribution in [2.45, 2.75) is 484 Å². The zero-order valence-corrected chi connectivity index (χ0v) is 71.5. The van der Waals surface area contributed by atoms with Crippen molar-refractivity contribution in [2.24, 2.45) is 11.8 Å². The van der Waals surface area contributed by atoms with Gasteiger partial charge in [0.05, 0.1) is 26.4 Å². The van der Waals surface area contributed by atoms with Crippen LogP contribution in [0.15, 0.2) is 0 Å². The first-order valence-corrected chi connectivity index (χ1v) is 48.0. The highest BCUT2D eigenvalue weighted by atomic mass is 31.2. The summed E-state index contributed by atoms with van der Waals surface area (Å²) in [6, 6.07) is 0. The number of esters is 4. The molecule has 0 rings (SSSR count). The minimum absolute atomic E-state index is 0.108. The van der Waals surface area contributed by atoms with Crippen LogP contribution in [0.2, 0.25) is 0 Å². The molecule has 0 aliphatic rings. The van der Waals surface area contributed by atoms with E-state index in [-0.39, 0.29) is 25.7 Å². The fourth-order valence-electron chi connectivity index (χ4n) is 13.6. The Hall–Kier alpha value is -1.94. The molecule has 106 heavy (non-hydrogen) atoms. The number of hydrogen-bond acceptors (Lipinski definition) is 15. The van der Waals surface area contributed by atoms with E-state index in [4.69, 9.17) is 37.0 Å². The van der Waals surface area contributed by atoms with Gasteiger partial charge in [0.1, 0.15) is 19.3 Å². The van der Waals surface area contributed by atoms with Crippen LogP contribution in [0.4, 0.5) is 0 Å². The summed E-state index contributed by atoms with van der Waals surface area (Å²) >= 11 is 0. The fourth-order valence-corrected chi connectivity index (χ4v) is 15.1. The summed E-state index contributed by atoms with van der Waals surface area (Å²) in [4.78, 5) is 73.2. The van der Waals surface area contributed by atoms with Crippen molar-refractivity contribution in [1.82, 2.24) is 0 Å². The molecule has 3 unspecified atom stereocenters. The molecule has 0 saturated heterocycles. The molecule has 0 heterocycles. The Kier molecular flexibility index (Phi) is 76.9. The van der Waals surface area contributed by atoms with Gasteiger partial charge in [-0.05, 0) is 37.5 Å². The predicted octanol–water partition coefficient (Wildman–Crippen LogP) is 26.6. The molecule has 0 radical (unpaired) electrons. The Morgan fingerprint density at radius 3 is 0.717 bits per heavy atom. The SMILES string of the molecule is CCCCCCCCCCCCCCCCCCCCCC(=O)OC[C@H](COP(=O)(O)OC[C@@H](O)COP(=O)(O)OC[C@@H](COC(=O)CCCCCCCCCC(C)C)OC(=O)CCCCCCCCCCCCCCCCC)OC(=O)CCCCCCCCCCCCCCCCCCCCC(C)CC. The van der Waals surface area contributed by atoms with Crippen molar-refractivity contribution >= 4 is 39.5 Å². The number of rotatable bonds is 86. The maximum absolute atomic E-state index is 13.2. The molecule has 0 bridgehead atoms. The topological polar surface area (TPSA) is 237 Å². The Bertz CT molecular complexity index is 2030. The van der Waals surface area contributed by atoms with E-state index in [0.717, 1.165) is 102 Å². The van der Waals surface area contributed by atoms with E-state index in [0.29, 0.717) is 31.6 Å². The van der Waals surface area contributed by atoms with Crippen molar-refractivity contribution in [3.8, 4) is 0 Å². The predicted molar refractivity (Wildman–Crippen MR) is 437 cm³/mol. The normalized spacial score (nSPS) is 14.1. The maximum atomic E-state index is 13.2. The number of carbonyl (C=O) groups is 4. The largest absolute Gasteiger partial charge is 0.472 e. The third-order valence-electron chi connectivity index (χ3n) is 20.8. The Labute approximate surface area is 651 Å². The van der Waals surface area contributed by atoms with Gasteiger partial charge in [-0.1, -0.05) is 414 Å². The first-order chi connectivity index (χ1) is 51.4. The van der Waals surface area contributed by atoms with E-state index in [9.17, 15) is 43.2 Å². The summed E-state index contributed by atoms with van der Waals surface area (Å²) in [5.74, 6) is -0.525. The molecule has 17 nitrogen and oxygen atoms in total. The molecular formula is C87H170O17P2. The van der Waals surface area contributed by atoms with Gasteiger partial charge in [0, 0.05) is 25.7 Å². The van der Waals surface area contributed by atoms with Gasteiger partial charge in [-0.15, -0.1) is 0 Å². The molecule has 0 spiro atoms. The molecule has 6 atom stereocenters. The second-order valence-electron chi connectivity index (χ2n) is 32.0.